The third-order valence-corrected chi connectivity index (χ3v) is 102. The molecule has 26 heavy (non-hydrogen) atoms. The van der Waals surface area contributed by atoms with Crippen LogP contribution in [0.2, 0.25) is 87.6 Å². The fraction of sp³-hybridized carbons (Fsp3) is 1.00. The van der Waals surface area contributed by atoms with Crippen LogP contribution < -0.4 is 0 Å². The van der Waals surface area contributed by atoms with E-state index in [4.69, 9.17) is 0 Å². The summed E-state index contributed by atoms with van der Waals surface area (Å²) < 4.78 is 0.948. The summed E-state index contributed by atoms with van der Waals surface area (Å²) in [6.45, 7) is 35.6. The molecule has 0 radical (unpaired) electrons. The van der Waals surface area contributed by atoms with Crippen molar-refractivity contribution in [2.45, 2.75) is 120 Å². The fourth-order valence-corrected chi connectivity index (χ4v) is 158. The van der Waals surface area contributed by atoms with Gasteiger partial charge in [-0.15, -0.1) is 0 Å². The lowest BCUT2D eigenvalue weighted by molar-refractivity contribution is 0.344. The lowest BCUT2D eigenvalue weighted by atomic mass is 9.90. The Balaban J connectivity index is 2.46. The molecule has 0 aromatic rings. The van der Waals surface area contributed by atoms with Gasteiger partial charge in [0.25, 0.3) is 0 Å². The zero-order valence-corrected chi connectivity index (χ0v) is 26.2. The molecule has 4 fully saturated rings. The molecule has 4 aliphatic rings. The van der Waals surface area contributed by atoms with Gasteiger partial charge in [-0.05, 0) is 10.2 Å². The monoisotopic (exact) mass is 456 g/mol. The third kappa shape index (κ3) is 1.96. The summed E-state index contributed by atoms with van der Waals surface area (Å²) in [7, 11) is -7.27. The van der Waals surface area contributed by atoms with Crippen molar-refractivity contribution in [1.29, 1.82) is 0 Å². The molecule has 0 nitrogen and oxygen atoms in total. The van der Waals surface area contributed by atoms with Crippen molar-refractivity contribution >= 4 is 45.5 Å². The van der Waals surface area contributed by atoms with Gasteiger partial charge in [0.1, 0.15) is 0 Å². The van der Waals surface area contributed by atoms with Gasteiger partial charge in [-0.25, -0.2) is 0 Å². The SMILES string of the molecule is C[Si]1(C)C2[Si](C)(C)[Si](C)(C)C(C3CCCCC3)([Si]1(C)C)[Si](C)(C)[Si]2(C)C. The summed E-state index contributed by atoms with van der Waals surface area (Å²) in [5, 5.41) is 0. The van der Waals surface area contributed by atoms with E-state index in [0.717, 1.165) is 10.2 Å². The maximum absolute atomic E-state index is 2.98. The van der Waals surface area contributed by atoms with Gasteiger partial charge >= 0.3 is 0 Å². The molecule has 0 N–H and O–H groups in total. The normalized spacial score (nSPS) is 41.8. The molecule has 1 aliphatic carbocycles. The van der Waals surface area contributed by atoms with Crippen molar-refractivity contribution in [2.24, 2.45) is 5.92 Å². The maximum atomic E-state index is 2.98. The van der Waals surface area contributed by atoms with Gasteiger partial charge in [0.05, 0.1) is 0 Å². The second-order valence-corrected chi connectivity index (χ2v) is 63.9. The van der Waals surface area contributed by atoms with Crippen LogP contribution in [0, 0.1) is 5.92 Å². The fourth-order valence-electron chi connectivity index (χ4n) is 10.7. The van der Waals surface area contributed by atoms with Crippen LogP contribution in [0.4, 0.5) is 0 Å². The van der Waals surface area contributed by atoms with E-state index in [9.17, 15) is 0 Å². The standard InChI is InChI=1S/C20H48Si6/c1-21(2)19-22(3,4)25(9,10)20(24(21,7)8,18-16-14-13-15-17-18)26(11,12)23(19,5)6/h18-19H,13-17H2,1-12H3. The van der Waals surface area contributed by atoms with Gasteiger partial charge in [0.2, 0.25) is 0 Å². The van der Waals surface area contributed by atoms with Gasteiger partial charge in [-0.3, -0.25) is 0 Å². The number of hydrogen-bond acceptors (Lipinski definition) is 0. The zero-order chi connectivity index (χ0) is 20.2. The summed E-state index contributed by atoms with van der Waals surface area (Å²) >= 11 is 0. The van der Waals surface area contributed by atoms with E-state index in [-0.39, 0.29) is 0 Å². The van der Waals surface area contributed by atoms with Crippen LogP contribution in [0.15, 0.2) is 0 Å². The Bertz CT molecular complexity index is 526. The molecule has 4 rings (SSSR count). The van der Waals surface area contributed by atoms with E-state index in [0.29, 0.717) is 0 Å². The van der Waals surface area contributed by atoms with E-state index >= 15 is 0 Å². The quantitative estimate of drug-likeness (QED) is 0.362. The molecular formula is C20H48Si6. The van der Waals surface area contributed by atoms with E-state index in [1.54, 1.807) is 25.7 Å². The van der Waals surface area contributed by atoms with Gasteiger partial charge in [-0.1, -0.05) is 115 Å². The van der Waals surface area contributed by atoms with Crippen molar-refractivity contribution in [3.8, 4) is 0 Å². The topological polar surface area (TPSA) is 0 Å². The number of rotatable bonds is 1. The van der Waals surface area contributed by atoms with E-state index in [1.807, 2.05) is 0 Å². The highest BCUT2D eigenvalue weighted by molar-refractivity contribution is 7.76. The minimum Gasteiger partial charge on any atom is -0.0715 e. The smallest absolute Gasteiger partial charge is 0.0418 e. The molecule has 3 heterocycles. The van der Waals surface area contributed by atoms with E-state index in [2.05, 4.69) is 78.6 Å². The third-order valence-electron chi connectivity index (χ3n) is 12.2. The lowest BCUT2D eigenvalue weighted by Gasteiger charge is -2.86. The highest BCUT2D eigenvalue weighted by Crippen LogP contribution is 2.78. The van der Waals surface area contributed by atoms with Gasteiger partial charge < -0.3 is 0 Å². The molecule has 0 unspecified atom stereocenters. The molecule has 1 saturated carbocycles. The first-order valence-electron chi connectivity index (χ1n) is 11.5. The summed E-state index contributed by atoms with van der Waals surface area (Å²) in [5.74, 6) is 1.15. The molecule has 0 aromatic heterocycles. The van der Waals surface area contributed by atoms with Gasteiger partial charge in [0.15, 0.2) is 0 Å². The molecule has 152 valence electrons. The average molecular weight is 457 g/mol. The zero-order valence-electron chi connectivity index (χ0n) is 20.2. The first kappa shape index (κ1) is 22.0. The number of fused-ring (bicyclic) bond motifs is 3. The van der Waals surface area contributed by atoms with E-state index < -0.39 is 45.5 Å². The van der Waals surface area contributed by atoms with Crippen molar-refractivity contribution < 1.29 is 0 Å². The molecule has 3 saturated heterocycles. The Morgan fingerprint density at radius 1 is 0.500 bits per heavy atom. The summed E-state index contributed by atoms with van der Waals surface area (Å²) in [4.78, 5) is 1.32. The molecule has 2 bridgehead atoms. The minimum absolute atomic E-state index is 0.948. The first-order chi connectivity index (χ1) is 11.5. The summed E-state index contributed by atoms with van der Waals surface area (Å²) in [6, 6.07) is 0. The molecule has 3 aliphatic heterocycles. The van der Waals surface area contributed by atoms with Crippen LogP contribution in [0.3, 0.4) is 0 Å². The van der Waals surface area contributed by atoms with Crippen LogP contribution in [0.5, 0.6) is 0 Å². The van der Waals surface area contributed by atoms with E-state index in [1.165, 1.54) is 11.2 Å². The Labute approximate surface area is 170 Å². The molecule has 6 heteroatoms. The first-order valence-corrected chi connectivity index (χ1v) is 32.7. The molecular weight excluding hydrogens is 409 g/mol. The van der Waals surface area contributed by atoms with Crippen LogP contribution in [-0.2, 0) is 0 Å². The lowest BCUT2D eigenvalue weighted by Crippen LogP contribution is -3.01. The Kier molecular flexibility index (Phi) is 4.83. The maximum Gasteiger partial charge on any atom is 0.0418 e. The number of hydrogen-bond donors (Lipinski definition) is 0. The van der Waals surface area contributed by atoms with Crippen molar-refractivity contribution in [3.05, 3.63) is 0 Å². The minimum atomic E-state index is -1.25. The van der Waals surface area contributed by atoms with Crippen LogP contribution in [0.25, 0.3) is 0 Å². The largest absolute Gasteiger partial charge is 0.0715 e. The Hall–Kier alpha value is 1.30. The molecule has 0 aromatic carbocycles. The summed E-state index contributed by atoms with van der Waals surface area (Å²) in [5.41, 5.74) is 0. The molecule has 0 amide bonds. The van der Waals surface area contributed by atoms with Gasteiger partial charge in [-0.2, -0.15) is 0 Å². The molecule has 0 spiro atoms. The highest BCUT2D eigenvalue weighted by atomic mass is 29.4. The summed E-state index contributed by atoms with van der Waals surface area (Å²) in [6.07, 6.45) is 7.88. The van der Waals surface area contributed by atoms with Crippen LogP contribution >= 0.6 is 0 Å². The second kappa shape index (κ2) is 5.71. The Morgan fingerprint density at radius 2 is 0.808 bits per heavy atom. The average Bonchev–Trinajstić information content (AvgIpc) is 2.44. The van der Waals surface area contributed by atoms with Crippen LogP contribution in [-0.4, -0.2) is 45.5 Å². The second-order valence-electron chi connectivity index (χ2n) is 13.6. The molecule has 0 atom stereocenters. The van der Waals surface area contributed by atoms with Crippen molar-refractivity contribution in [1.82, 2.24) is 0 Å². The van der Waals surface area contributed by atoms with Gasteiger partial charge in [0, 0.05) is 45.5 Å². The van der Waals surface area contributed by atoms with Crippen LogP contribution in [0.1, 0.15) is 32.1 Å². The Morgan fingerprint density at radius 3 is 1.12 bits per heavy atom. The van der Waals surface area contributed by atoms with Crippen molar-refractivity contribution in [3.63, 3.8) is 0 Å². The predicted molar refractivity (Wildman–Crippen MR) is 138 cm³/mol. The predicted octanol–water partition coefficient (Wildman–Crippen LogP) is 7.35. The highest BCUT2D eigenvalue weighted by Gasteiger charge is 2.87. The van der Waals surface area contributed by atoms with Crippen molar-refractivity contribution in [2.75, 3.05) is 0 Å².